The maximum Gasteiger partial charge on any atom is 0.339 e. The standard InChI is InChI=1S/C11H15BrO3Si/c1-7-5-10(15-16(2,3)4)8(11(13)14)6-9(7)12/h5-6H,1-4H3,(H,13,14). The van der Waals surface area contributed by atoms with Crippen LogP contribution in [0.1, 0.15) is 15.9 Å². The topological polar surface area (TPSA) is 46.5 Å². The Balaban J connectivity index is 3.25. The van der Waals surface area contributed by atoms with Crippen LogP contribution in [-0.2, 0) is 0 Å². The van der Waals surface area contributed by atoms with Crippen molar-refractivity contribution in [1.82, 2.24) is 0 Å². The van der Waals surface area contributed by atoms with E-state index >= 15 is 0 Å². The molecule has 0 amide bonds. The third-order valence-corrected chi connectivity index (χ3v) is 3.59. The Morgan fingerprint density at radius 3 is 2.38 bits per heavy atom. The quantitative estimate of drug-likeness (QED) is 0.867. The molecule has 1 rings (SSSR count). The first-order valence-corrected chi connectivity index (χ1v) is 9.13. The van der Waals surface area contributed by atoms with Crippen LogP contribution in [0, 0.1) is 6.92 Å². The van der Waals surface area contributed by atoms with E-state index < -0.39 is 14.3 Å². The molecule has 0 aromatic heterocycles. The molecule has 0 bridgehead atoms. The Hall–Kier alpha value is -0.813. The van der Waals surface area contributed by atoms with Crippen LogP contribution in [0.25, 0.3) is 0 Å². The monoisotopic (exact) mass is 302 g/mol. The molecule has 0 fully saturated rings. The minimum atomic E-state index is -1.79. The van der Waals surface area contributed by atoms with Crippen molar-refractivity contribution in [3.8, 4) is 5.75 Å². The zero-order valence-electron chi connectivity index (χ0n) is 9.80. The first-order valence-electron chi connectivity index (χ1n) is 4.93. The molecular formula is C11H15BrO3Si. The molecule has 1 aromatic rings. The molecule has 0 aliphatic heterocycles. The van der Waals surface area contributed by atoms with Gasteiger partial charge in [-0.05, 0) is 44.3 Å². The predicted molar refractivity (Wildman–Crippen MR) is 69.8 cm³/mol. The molecule has 1 aromatic carbocycles. The minimum absolute atomic E-state index is 0.208. The fraction of sp³-hybridized carbons (Fsp3) is 0.364. The Morgan fingerprint density at radius 2 is 1.94 bits per heavy atom. The van der Waals surface area contributed by atoms with Crippen LogP contribution in [0.2, 0.25) is 19.6 Å². The van der Waals surface area contributed by atoms with Crippen LogP contribution in [0.15, 0.2) is 16.6 Å². The molecule has 5 heteroatoms. The molecule has 0 atom stereocenters. The Kier molecular flexibility index (Phi) is 3.80. The van der Waals surface area contributed by atoms with Gasteiger partial charge in [0.15, 0.2) is 0 Å². The van der Waals surface area contributed by atoms with E-state index in [1.165, 1.54) is 0 Å². The van der Waals surface area contributed by atoms with Crippen molar-refractivity contribution in [2.24, 2.45) is 0 Å². The molecule has 1 N–H and O–H groups in total. The molecule has 0 aliphatic carbocycles. The summed E-state index contributed by atoms with van der Waals surface area (Å²) in [6, 6.07) is 3.36. The minimum Gasteiger partial charge on any atom is -0.544 e. The van der Waals surface area contributed by atoms with Gasteiger partial charge in [0.25, 0.3) is 0 Å². The van der Waals surface area contributed by atoms with Gasteiger partial charge in [0.2, 0.25) is 8.32 Å². The number of aromatic carboxylic acids is 1. The van der Waals surface area contributed by atoms with Crippen LogP contribution in [0.3, 0.4) is 0 Å². The summed E-state index contributed by atoms with van der Waals surface area (Å²) in [4.78, 5) is 11.1. The number of benzene rings is 1. The fourth-order valence-corrected chi connectivity index (χ4v) is 2.41. The van der Waals surface area contributed by atoms with Gasteiger partial charge < -0.3 is 9.53 Å². The highest BCUT2D eigenvalue weighted by Gasteiger charge is 2.21. The molecule has 0 heterocycles. The Bertz CT molecular complexity index is 424. The lowest BCUT2D eigenvalue weighted by atomic mass is 10.1. The number of aryl methyl sites for hydroxylation is 1. The highest BCUT2D eigenvalue weighted by Crippen LogP contribution is 2.28. The van der Waals surface area contributed by atoms with Gasteiger partial charge in [-0.15, -0.1) is 0 Å². The van der Waals surface area contributed by atoms with Crippen LogP contribution < -0.4 is 4.43 Å². The third kappa shape index (κ3) is 3.35. The van der Waals surface area contributed by atoms with E-state index in [0.29, 0.717) is 5.75 Å². The molecule has 88 valence electrons. The summed E-state index contributed by atoms with van der Waals surface area (Å²) < 4.78 is 6.55. The van der Waals surface area contributed by atoms with Crippen LogP contribution in [0.5, 0.6) is 5.75 Å². The summed E-state index contributed by atoms with van der Waals surface area (Å²) >= 11 is 3.32. The third-order valence-electron chi connectivity index (χ3n) is 1.91. The fourth-order valence-electron chi connectivity index (χ4n) is 1.24. The van der Waals surface area contributed by atoms with Crippen molar-refractivity contribution in [3.05, 3.63) is 27.7 Å². The molecular weight excluding hydrogens is 288 g/mol. The second-order valence-corrected chi connectivity index (χ2v) is 9.90. The molecule has 0 radical (unpaired) electrons. The SMILES string of the molecule is Cc1cc(O[Si](C)(C)C)c(C(=O)O)cc1Br. The molecule has 0 spiro atoms. The lowest BCUT2D eigenvalue weighted by Crippen LogP contribution is -2.30. The van der Waals surface area contributed by atoms with E-state index in [0.717, 1.165) is 10.0 Å². The molecule has 0 saturated heterocycles. The largest absolute Gasteiger partial charge is 0.544 e. The van der Waals surface area contributed by atoms with Crippen molar-refractivity contribution < 1.29 is 14.3 Å². The van der Waals surface area contributed by atoms with Gasteiger partial charge in [-0.3, -0.25) is 0 Å². The number of carbonyl (C=O) groups is 1. The van der Waals surface area contributed by atoms with E-state index in [-0.39, 0.29) is 5.56 Å². The second-order valence-electron chi connectivity index (χ2n) is 4.62. The maximum absolute atomic E-state index is 11.1. The highest BCUT2D eigenvalue weighted by molar-refractivity contribution is 9.10. The average molecular weight is 303 g/mol. The zero-order valence-corrected chi connectivity index (χ0v) is 12.4. The zero-order chi connectivity index (χ0) is 12.5. The van der Waals surface area contributed by atoms with Crippen molar-refractivity contribution in [2.45, 2.75) is 26.6 Å². The van der Waals surface area contributed by atoms with E-state index in [4.69, 9.17) is 9.53 Å². The normalized spacial score (nSPS) is 11.3. The summed E-state index contributed by atoms with van der Waals surface area (Å²) in [5.74, 6) is -0.499. The van der Waals surface area contributed by atoms with Crippen LogP contribution in [-0.4, -0.2) is 19.4 Å². The summed E-state index contributed by atoms with van der Waals surface area (Å²) in [6.45, 7) is 7.98. The van der Waals surface area contributed by atoms with Gasteiger partial charge in [0, 0.05) is 4.47 Å². The molecule has 0 saturated carbocycles. The Morgan fingerprint density at radius 1 is 1.38 bits per heavy atom. The van der Waals surface area contributed by atoms with Crippen molar-refractivity contribution in [3.63, 3.8) is 0 Å². The van der Waals surface area contributed by atoms with Gasteiger partial charge in [-0.1, -0.05) is 15.9 Å². The smallest absolute Gasteiger partial charge is 0.339 e. The average Bonchev–Trinajstić information content (AvgIpc) is 2.07. The van der Waals surface area contributed by atoms with Crippen LogP contribution in [0.4, 0.5) is 0 Å². The number of hydrogen-bond acceptors (Lipinski definition) is 2. The van der Waals surface area contributed by atoms with Crippen molar-refractivity contribution in [1.29, 1.82) is 0 Å². The van der Waals surface area contributed by atoms with Gasteiger partial charge in [0.1, 0.15) is 11.3 Å². The highest BCUT2D eigenvalue weighted by atomic mass is 79.9. The number of hydrogen-bond donors (Lipinski definition) is 1. The summed E-state index contributed by atoms with van der Waals surface area (Å²) in [7, 11) is -1.79. The summed E-state index contributed by atoms with van der Waals surface area (Å²) in [6.07, 6.45) is 0. The first-order chi connectivity index (χ1) is 7.20. The first kappa shape index (κ1) is 13.3. The number of carboxylic acid groups (broad SMARTS) is 1. The van der Waals surface area contributed by atoms with E-state index in [1.54, 1.807) is 12.1 Å². The van der Waals surface area contributed by atoms with E-state index in [2.05, 4.69) is 15.9 Å². The maximum atomic E-state index is 11.1. The number of rotatable bonds is 3. The van der Waals surface area contributed by atoms with E-state index in [1.807, 2.05) is 26.6 Å². The summed E-state index contributed by atoms with van der Waals surface area (Å²) in [5, 5.41) is 9.09. The Labute approximate surface area is 105 Å². The number of halogens is 1. The van der Waals surface area contributed by atoms with Crippen molar-refractivity contribution >= 4 is 30.2 Å². The van der Waals surface area contributed by atoms with E-state index in [9.17, 15) is 4.79 Å². The molecule has 0 aliphatic rings. The number of carboxylic acids is 1. The van der Waals surface area contributed by atoms with Gasteiger partial charge in [-0.2, -0.15) is 0 Å². The van der Waals surface area contributed by atoms with Gasteiger partial charge in [-0.25, -0.2) is 4.79 Å². The van der Waals surface area contributed by atoms with Crippen LogP contribution >= 0.6 is 15.9 Å². The molecule has 0 unspecified atom stereocenters. The second kappa shape index (κ2) is 4.59. The van der Waals surface area contributed by atoms with Gasteiger partial charge >= 0.3 is 5.97 Å². The molecule has 16 heavy (non-hydrogen) atoms. The lowest BCUT2D eigenvalue weighted by molar-refractivity contribution is 0.0694. The lowest BCUT2D eigenvalue weighted by Gasteiger charge is -2.21. The predicted octanol–water partition coefficient (Wildman–Crippen LogP) is 3.67. The summed E-state index contributed by atoms with van der Waals surface area (Å²) in [5.41, 5.74) is 1.18. The van der Waals surface area contributed by atoms with Gasteiger partial charge in [0.05, 0.1) is 0 Å². The molecule has 3 nitrogen and oxygen atoms in total. The van der Waals surface area contributed by atoms with Crippen molar-refractivity contribution in [2.75, 3.05) is 0 Å².